The van der Waals surface area contributed by atoms with Crippen LogP contribution >= 0.6 is 0 Å². The molecule has 5 heteroatoms. The quantitative estimate of drug-likeness (QED) is 0.803. The second-order valence-corrected chi connectivity index (χ2v) is 3.70. The molecule has 0 heterocycles. The fourth-order valence-corrected chi connectivity index (χ4v) is 1.42. The van der Waals surface area contributed by atoms with Gasteiger partial charge in [0, 0.05) is 12.1 Å². The Bertz CT molecular complexity index is 368. The zero-order chi connectivity index (χ0) is 11.4. The molecule has 0 aliphatic carbocycles. The van der Waals surface area contributed by atoms with Crippen molar-refractivity contribution in [1.29, 1.82) is 0 Å². The average molecular weight is 265 g/mol. The first-order valence-electron chi connectivity index (χ1n) is 4.68. The molecule has 86 valence electrons. The predicted octanol–water partition coefficient (Wildman–Crippen LogP) is 1.21. The van der Waals surface area contributed by atoms with Crippen molar-refractivity contribution in [1.82, 2.24) is 4.90 Å². The van der Waals surface area contributed by atoms with Crippen LogP contribution in [0.5, 0.6) is 5.75 Å². The molecule has 0 unspecified atom stereocenters. The third kappa shape index (κ3) is 4.66. The van der Waals surface area contributed by atoms with Gasteiger partial charge in [0.25, 0.3) is 0 Å². The largest absolute Gasteiger partial charge is 4.00 e. The number of phenolic OH excluding ortho intramolecular Hbond substituents is 1. The number of benzene rings is 1. The molecule has 1 rings (SSSR count). The Morgan fingerprint density at radius 2 is 2.06 bits per heavy atom. The van der Waals surface area contributed by atoms with Crippen LogP contribution in [-0.4, -0.2) is 34.7 Å². The van der Waals surface area contributed by atoms with Crippen LogP contribution in [0, 0.1) is 6.92 Å². The number of carbonyl (C=O) groups is 1. The Balaban J connectivity index is 0.00000225. The van der Waals surface area contributed by atoms with E-state index in [-0.39, 0.29) is 29.4 Å². The summed E-state index contributed by atoms with van der Waals surface area (Å²) in [6.45, 7) is 2.33. The second-order valence-electron chi connectivity index (χ2n) is 3.70. The smallest absolute Gasteiger partial charge is 0.508 e. The van der Waals surface area contributed by atoms with Crippen LogP contribution in [0.3, 0.4) is 0 Å². The molecule has 1 aromatic carbocycles. The van der Waals surface area contributed by atoms with Gasteiger partial charge in [-0.15, -0.1) is 0 Å². The molecule has 0 amide bonds. The van der Waals surface area contributed by atoms with E-state index in [0.717, 1.165) is 11.1 Å². The van der Waals surface area contributed by atoms with Crippen LogP contribution in [0.15, 0.2) is 18.2 Å². The average Bonchev–Trinajstić information content (AvgIpc) is 2.10. The van der Waals surface area contributed by atoms with Gasteiger partial charge in [0.15, 0.2) is 0 Å². The van der Waals surface area contributed by atoms with Gasteiger partial charge >= 0.3 is 23.0 Å². The minimum Gasteiger partial charge on any atom is -0.508 e. The zero-order valence-electron chi connectivity index (χ0n) is 9.25. The van der Waals surface area contributed by atoms with E-state index in [2.05, 4.69) is 0 Å². The first kappa shape index (κ1) is 15.0. The Labute approximate surface area is 105 Å². The number of carboxylic acids is 1. The predicted molar refractivity (Wildman–Crippen MR) is 56.8 cm³/mol. The maximum Gasteiger partial charge on any atom is 4.00 e. The molecule has 0 bridgehead atoms. The van der Waals surface area contributed by atoms with Gasteiger partial charge in [-0.25, -0.2) is 0 Å². The summed E-state index contributed by atoms with van der Waals surface area (Å²) in [5.74, 6) is -0.664. The molecule has 0 aromatic heterocycles. The number of aromatic hydroxyl groups is 1. The van der Waals surface area contributed by atoms with Crippen molar-refractivity contribution in [3.8, 4) is 5.75 Å². The first-order valence-corrected chi connectivity index (χ1v) is 4.68. The van der Waals surface area contributed by atoms with Crippen molar-refractivity contribution < 1.29 is 32.1 Å². The number of hydrogen-bond donors (Lipinski definition) is 2. The molecule has 4 nitrogen and oxygen atoms in total. The Morgan fingerprint density at radius 3 is 2.62 bits per heavy atom. The van der Waals surface area contributed by atoms with E-state index in [1.807, 2.05) is 19.1 Å². The van der Waals surface area contributed by atoms with E-state index in [4.69, 9.17) is 5.11 Å². The molecule has 1 aromatic rings. The van der Waals surface area contributed by atoms with Crippen molar-refractivity contribution in [2.45, 2.75) is 13.5 Å². The van der Waals surface area contributed by atoms with Gasteiger partial charge in [0.1, 0.15) is 5.75 Å². The van der Waals surface area contributed by atoms with Gasteiger partial charge in [0.2, 0.25) is 0 Å². The third-order valence-electron chi connectivity index (χ3n) is 2.08. The van der Waals surface area contributed by atoms with E-state index < -0.39 is 5.97 Å². The monoisotopic (exact) mass is 265 g/mol. The molecule has 0 aliphatic rings. The minimum absolute atomic E-state index is 0. The van der Waals surface area contributed by atoms with Gasteiger partial charge in [-0.3, -0.25) is 9.69 Å². The van der Waals surface area contributed by atoms with Crippen LogP contribution in [0.2, 0.25) is 0 Å². The molecule has 0 saturated carbocycles. The summed E-state index contributed by atoms with van der Waals surface area (Å²) in [6.07, 6.45) is 0. The first-order chi connectivity index (χ1) is 6.99. The number of aryl methyl sites for hydroxylation is 1. The van der Waals surface area contributed by atoms with Gasteiger partial charge in [-0.2, -0.15) is 0 Å². The third-order valence-corrected chi connectivity index (χ3v) is 2.08. The fourth-order valence-electron chi connectivity index (χ4n) is 1.42. The van der Waals surface area contributed by atoms with E-state index in [1.165, 1.54) is 0 Å². The summed E-state index contributed by atoms with van der Waals surface area (Å²) < 4.78 is 0. The Kier molecular flexibility index (Phi) is 6.11. The molecule has 0 fully saturated rings. The molecular weight excluding hydrogens is 250 g/mol. The van der Waals surface area contributed by atoms with Crippen LogP contribution in [0.25, 0.3) is 0 Å². The van der Waals surface area contributed by atoms with Crippen molar-refractivity contribution in [2.24, 2.45) is 0 Å². The summed E-state index contributed by atoms with van der Waals surface area (Å²) in [5, 5.41) is 18.1. The maximum absolute atomic E-state index is 10.4. The summed E-state index contributed by atoms with van der Waals surface area (Å²) in [7, 11) is 1.70. The zero-order valence-corrected chi connectivity index (χ0v) is 10.4. The van der Waals surface area contributed by atoms with Crippen LogP contribution < -0.4 is 0 Å². The number of likely N-dealkylation sites (N-methyl/N-ethyl adjacent to an activating group) is 1. The van der Waals surface area contributed by atoms with E-state index in [9.17, 15) is 9.90 Å². The van der Waals surface area contributed by atoms with Gasteiger partial charge in [-0.05, 0) is 20.0 Å². The van der Waals surface area contributed by atoms with Crippen molar-refractivity contribution in [2.75, 3.05) is 13.6 Å². The van der Waals surface area contributed by atoms with Crippen LogP contribution in [0.1, 0.15) is 11.1 Å². The summed E-state index contributed by atoms with van der Waals surface area (Å²) in [4.78, 5) is 12.1. The molecule has 2 N–H and O–H groups in total. The number of hydrogen-bond acceptors (Lipinski definition) is 3. The molecule has 0 atom stereocenters. The SMILES string of the molecule is Cc1ccc(O)c(CN(C)CC(=O)O)c1.[Fe+4]. The molecule has 0 saturated heterocycles. The summed E-state index contributed by atoms with van der Waals surface area (Å²) in [5.41, 5.74) is 1.80. The number of phenols is 1. The van der Waals surface area contributed by atoms with Gasteiger partial charge in [-0.1, -0.05) is 17.7 Å². The topological polar surface area (TPSA) is 60.8 Å². The summed E-state index contributed by atoms with van der Waals surface area (Å²) in [6, 6.07) is 5.29. The normalized spacial score (nSPS) is 9.94. The maximum atomic E-state index is 10.4. The van der Waals surface area contributed by atoms with E-state index in [0.29, 0.717) is 6.54 Å². The number of nitrogens with zero attached hydrogens (tertiary/aromatic N) is 1. The van der Waals surface area contributed by atoms with Gasteiger partial charge < -0.3 is 10.2 Å². The number of carboxylic acid groups (broad SMARTS) is 1. The standard InChI is InChI=1S/C11H15NO3.Fe/c1-8-3-4-10(13)9(5-8)6-12(2)7-11(14)15;/h3-5,13H,6-7H2,1-2H3,(H,14,15);/q;+4. The van der Waals surface area contributed by atoms with Crippen molar-refractivity contribution in [3.05, 3.63) is 29.3 Å². The fraction of sp³-hybridized carbons (Fsp3) is 0.364. The van der Waals surface area contributed by atoms with Crippen molar-refractivity contribution >= 4 is 5.97 Å². The van der Waals surface area contributed by atoms with E-state index in [1.54, 1.807) is 18.0 Å². The van der Waals surface area contributed by atoms with Crippen LogP contribution in [0.4, 0.5) is 0 Å². The Hall–Kier alpha value is -1.03. The second kappa shape index (κ2) is 6.53. The van der Waals surface area contributed by atoms with E-state index >= 15 is 0 Å². The van der Waals surface area contributed by atoms with Crippen LogP contribution in [-0.2, 0) is 28.4 Å². The molecule has 0 radical (unpaired) electrons. The molecular formula is C11H15FeNO3+4. The van der Waals surface area contributed by atoms with Crippen molar-refractivity contribution in [3.63, 3.8) is 0 Å². The van der Waals surface area contributed by atoms with Gasteiger partial charge in [0.05, 0.1) is 6.54 Å². The Morgan fingerprint density at radius 1 is 1.44 bits per heavy atom. The number of aliphatic carboxylic acids is 1. The molecule has 0 aliphatic heterocycles. The number of rotatable bonds is 4. The molecule has 0 spiro atoms. The molecule has 16 heavy (non-hydrogen) atoms. The minimum atomic E-state index is -0.871. The summed E-state index contributed by atoms with van der Waals surface area (Å²) >= 11 is 0.